The van der Waals surface area contributed by atoms with Crippen molar-refractivity contribution in [2.75, 3.05) is 29.5 Å². The summed E-state index contributed by atoms with van der Waals surface area (Å²) < 4.78 is 1.71. The lowest BCUT2D eigenvalue weighted by atomic mass is 10.0. The number of thioether (sulfide) groups is 2. The number of aliphatic carboxylic acids is 1. The number of urea groups is 1. The Morgan fingerprint density at radius 2 is 2.05 bits per heavy atom. The topological polar surface area (TPSA) is 163 Å². The number of rotatable bonds is 10. The Bertz CT molecular complexity index is 1360. The van der Waals surface area contributed by atoms with Crippen LogP contribution >= 0.6 is 46.7 Å². The van der Waals surface area contributed by atoms with E-state index in [1.165, 1.54) is 33.3 Å². The lowest BCUT2D eigenvalue weighted by Crippen LogP contribution is -2.71. The number of carboxylic acid groups (broad SMARTS) is 1. The summed E-state index contributed by atoms with van der Waals surface area (Å²) in [6.07, 6.45) is 3.38. The van der Waals surface area contributed by atoms with Gasteiger partial charge in [0, 0.05) is 40.4 Å². The van der Waals surface area contributed by atoms with Crippen LogP contribution in [0.4, 0.5) is 10.5 Å². The van der Waals surface area contributed by atoms with E-state index in [1.807, 2.05) is 0 Å². The summed E-state index contributed by atoms with van der Waals surface area (Å²) in [6.45, 7) is 0.605. The van der Waals surface area contributed by atoms with E-state index in [0.29, 0.717) is 32.0 Å². The molecule has 2 atom stereocenters. The van der Waals surface area contributed by atoms with Crippen molar-refractivity contribution in [3.05, 3.63) is 64.0 Å². The monoisotopic (exact) mass is 611 g/mol. The van der Waals surface area contributed by atoms with Crippen LogP contribution in [0.5, 0.6) is 0 Å². The molecule has 39 heavy (non-hydrogen) atoms. The highest BCUT2D eigenvalue weighted by molar-refractivity contribution is 8.00. The minimum Gasteiger partial charge on any atom is -0.477 e. The Morgan fingerprint density at radius 1 is 1.28 bits per heavy atom. The molecule has 2 aliphatic heterocycles. The van der Waals surface area contributed by atoms with Gasteiger partial charge in [-0.25, -0.2) is 9.59 Å². The first-order valence-corrected chi connectivity index (χ1v) is 14.4. The molecule has 0 saturated carbocycles. The molecule has 1 fully saturated rings. The average Bonchev–Trinajstić information content (AvgIpc) is 2.90. The van der Waals surface area contributed by atoms with Gasteiger partial charge in [0.05, 0.1) is 10.8 Å². The SMILES string of the molecule is NCCN(C(N)=O)c1ccc[n+](CC2=C(C(=O)O)N3C(=O)[C@H](NC(=O)CSc4cc(Cl)ccc4Cl)[C@H]3SC2)c1. The average molecular weight is 613 g/mol. The van der Waals surface area contributed by atoms with Crippen LogP contribution in [0.1, 0.15) is 0 Å². The normalized spacial score (nSPS) is 18.3. The number of nitrogens with two attached hydrogens (primary N) is 2. The zero-order valence-corrected chi connectivity index (χ0v) is 23.5. The number of nitrogens with one attached hydrogen (secondary N) is 1. The lowest BCUT2D eigenvalue weighted by molar-refractivity contribution is -0.688. The van der Waals surface area contributed by atoms with E-state index in [4.69, 9.17) is 34.7 Å². The van der Waals surface area contributed by atoms with Crippen molar-refractivity contribution in [3.8, 4) is 0 Å². The Balaban J connectivity index is 1.45. The van der Waals surface area contributed by atoms with Crippen molar-refractivity contribution in [1.29, 1.82) is 0 Å². The summed E-state index contributed by atoms with van der Waals surface area (Å²) in [6, 6.07) is 6.83. The van der Waals surface area contributed by atoms with Gasteiger partial charge >= 0.3 is 12.0 Å². The van der Waals surface area contributed by atoms with Gasteiger partial charge < -0.3 is 21.9 Å². The molecule has 6 N–H and O–H groups in total. The minimum absolute atomic E-state index is 0.00750. The number of carboxylic acids is 1. The predicted octanol–water partition coefficient (Wildman–Crippen LogP) is 1.66. The Labute approximate surface area is 242 Å². The molecule has 3 heterocycles. The molecule has 15 heteroatoms. The molecular weight excluding hydrogens is 587 g/mol. The number of carbonyl (C=O) groups is 4. The van der Waals surface area contributed by atoms with Crippen molar-refractivity contribution in [1.82, 2.24) is 10.2 Å². The van der Waals surface area contributed by atoms with Crippen LogP contribution in [0.3, 0.4) is 0 Å². The van der Waals surface area contributed by atoms with Crippen LogP contribution in [0.25, 0.3) is 0 Å². The molecule has 0 aliphatic carbocycles. The summed E-state index contributed by atoms with van der Waals surface area (Å²) in [4.78, 5) is 52.8. The van der Waals surface area contributed by atoms with E-state index in [9.17, 15) is 24.3 Å². The van der Waals surface area contributed by atoms with Gasteiger partial charge in [0.25, 0.3) is 5.91 Å². The van der Waals surface area contributed by atoms with Crippen LogP contribution in [0, 0.1) is 0 Å². The maximum absolute atomic E-state index is 13.0. The molecule has 0 unspecified atom stereocenters. The summed E-state index contributed by atoms with van der Waals surface area (Å²) in [5.74, 6) is -1.78. The number of hydrogen-bond donors (Lipinski definition) is 4. The Hall–Kier alpha value is -2.97. The number of fused-ring (bicyclic) bond motifs is 1. The zero-order valence-electron chi connectivity index (χ0n) is 20.4. The third kappa shape index (κ3) is 6.44. The number of primary amides is 1. The van der Waals surface area contributed by atoms with Crippen molar-refractivity contribution in [3.63, 3.8) is 0 Å². The number of halogens is 2. The van der Waals surface area contributed by atoms with Crippen molar-refractivity contribution < 1.29 is 28.9 Å². The standard InChI is InChI=1S/C24H24Cl2N6O5S2/c25-14-3-4-16(26)17(8-14)38-12-18(33)29-19-21(34)32-20(23(35)36)13(11-39-22(19)32)9-30-6-1-2-15(10-30)31(7-5-27)24(28)37/h1-4,6,8,10,19,22H,5,7,9,11-12,27H2,(H3-,28,29,33,35,36,37)/p+1/t19-,22+/m0/s1. The highest BCUT2D eigenvalue weighted by Gasteiger charge is 2.54. The molecular formula is C24H25Cl2N6O5S2+. The van der Waals surface area contributed by atoms with Crippen molar-refractivity contribution in [2.45, 2.75) is 22.9 Å². The predicted molar refractivity (Wildman–Crippen MR) is 149 cm³/mol. The summed E-state index contributed by atoms with van der Waals surface area (Å²) in [5.41, 5.74) is 12.0. The van der Waals surface area contributed by atoms with Crippen LogP contribution in [-0.2, 0) is 20.9 Å². The Kier molecular flexibility index (Phi) is 9.28. The number of β-lactam (4-membered cyclic amide) rings is 1. The van der Waals surface area contributed by atoms with Gasteiger partial charge in [0.15, 0.2) is 18.9 Å². The fourth-order valence-corrected chi connectivity index (χ4v) is 6.87. The lowest BCUT2D eigenvalue weighted by Gasteiger charge is -2.49. The molecule has 1 aromatic heterocycles. The first-order chi connectivity index (χ1) is 18.6. The quantitative estimate of drug-likeness (QED) is 0.179. The van der Waals surface area contributed by atoms with Gasteiger partial charge in [-0.15, -0.1) is 23.5 Å². The molecule has 2 aliphatic rings. The number of benzene rings is 1. The van der Waals surface area contributed by atoms with Gasteiger partial charge in [-0.1, -0.05) is 23.2 Å². The van der Waals surface area contributed by atoms with E-state index in [0.717, 1.165) is 0 Å². The van der Waals surface area contributed by atoms with E-state index in [-0.39, 0.29) is 37.0 Å². The molecule has 1 saturated heterocycles. The number of aromatic nitrogens is 1. The van der Waals surface area contributed by atoms with Gasteiger partial charge in [0.1, 0.15) is 22.8 Å². The number of hydrogen-bond acceptors (Lipinski definition) is 7. The van der Waals surface area contributed by atoms with Gasteiger partial charge in [0.2, 0.25) is 5.91 Å². The summed E-state index contributed by atoms with van der Waals surface area (Å²) >= 11 is 14.7. The number of nitrogens with zero attached hydrogens (tertiary/aromatic N) is 3. The second-order valence-corrected chi connectivity index (χ2v) is 11.6. The van der Waals surface area contributed by atoms with Crippen LogP contribution < -0.4 is 26.3 Å². The zero-order chi connectivity index (χ0) is 28.3. The third-order valence-electron chi connectivity index (χ3n) is 5.96. The fourth-order valence-electron chi connectivity index (χ4n) is 4.23. The largest absolute Gasteiger partial charge is 0.477 e. The fraction of sp³-hybridized carbons (Fsp3) is 0.292. The molecule has 11 nitrogen and oxygen atoms in total. The molecule has 0 radical (unpaired) electrons. The van der Waals surface area contributed by atoms with Crippen LogP contribution in [0.15, 0.2) is 58.9 Å². The molecule has 0 spiro atoms. The first-order valence-electron chi connectivity index (χ1n) is 11.6. The van der Waals surface area contributed by atoms with E-state index >= 15 is 0 Å². The molecule has 1 aromatic carbocycles. The number of anilines is 1. The van der Waals surface area contributed by atoms with E-state index in [2.05, 4.69) is 5.32 Å². The molecule has 206 valence electrons. The smallest absolute Gasteiger partial charge is 0.352 e. The molecule has 4 amide bonds. The highest BCUT2D eigenvalue weighted by Crippen LogP contribution is 2.40. The van der Waals surface area contributed by atoms with Gasteiger partial charge in [-0.3, -0.25) is 19.4 Å². The maximum atomic E-state index is 13.0. The van der Waals surface area contributed by atoms with E-state index in [1.54, 1.807) is 47.3 Å². The molecule has 0 bridgehead atoms. The molecule has 2 aromatic rings. The van der Waals surface area contributed by atoms with E-state index < -0.39 is 29.3 Å². The number of amides is 4. The van der Waals surface area contributed by atoms with Crippen molar-refractivity contribution >= 4 is 76.2 Å². The first kappa shape index (κ1) is 29.0. The number of pyridine rings is 1. The number of carbonyl (C=O) groups excluding carboxylic acids is 3. The summed E-state index contributed by atoms with van der Waals surface area (Å²) in [5, 5.41) is 13.1. The second-order valence-electron chi connectivity index (χ2n) is 8.59. The maximum Gasteiger partial charge on any atom is 0.352 e. The van der Waals surface area contributed by atoms with Gasteiger partial charge in [-0.2, -0.15) is 4.57 Å². The third-order valence-corrected chi connectivity index (χ3v) is 9.04. The second kappa shape index (κ2) is 12.5. The van der Waals surface area contributed by atoms with Gasteiger partial charge in [-0.05, 0) is 24.3 Å². The minimum atomic E-state index is -1.24. The summed E-state index contributed by atoms with van der Waals surface area (Å²) in [7, 11) is 0. The highest BCUT2D eigenvalue weighted by atomic mass is 35.5. The van der Waals surface area contributed by atoms with Crippen LogP contribution in [0.2, 0.25) is 10.0 Å². The molecule has 4 rings (SSSR count). The van der Waals surface area contributed by atoms with Crippen LogP contribution in [-0.4, -0.2) is 69.8 Å². The van der Waals surface area contributed by atoms with Crippen molar-refractivity contribution in [2.24, 2.45) is 11.5 Å². The Morgan fingerprint density at radius 3 is 2.74 bits per heavy atom.